The Morgan fingerprint density at radius 3 is 2.54 bits per heavy atom. The zero-order valence-corrected chi connectivity index (χ0v) is 14.1. The van der Waals surface area contributed by atoms with Crippen LogP contribution < -0.4 is 10.9 Å². The fraction of sp³-hybridized carbons (Fsp3) is 0.286. The van der Waals surface area contributed by atoms with E-state index < -0.39 is 42.9 Å². The molecule has 0 radical (unpaired) electrons. The van der Waals surface area contributed by atoms with E-state index in [9.17, 15) is 35.9 Å². The van der Waals surface area contributed by atoms with Crippen LogP contribution in [0.25, 0.3) is 0 Å². The van der Waals surface area contributed by atoms with Gasteiger partial charge in [-0.15, -0.1) is 11.3 Å². The van der Waals surface area contributed by atoms with Crippen LogP contribution in [-0.4, -0.2) is 23.1 Å². The first kappa shape index (κ1) is 20.3. The van der Waals surface area contributed by atoms with Crippen molar-refractivity contribution in [1.29, 1.82) is 0 Å². The first-order chi connectivity index (χ1) is 12.0. The molecule has 0 saturated heterocycles. The van der Waals surface area contributed by atoms with Gasteiger partial charge >= 0.3 is 6.18 Å². The minimum atomic E-state index is -4.52. The number of aromatic nitrogens is 1. The number of carbonyl (C=O) groups excluding carboxylic acids is 1. The summed E-state index contributed by atoms with van der Waals surface area (Å²) >= 11 is 6.25. The zero-order valence-electron chi connectivity index (χ0n) is 12.5. The summed E-state index contributed by atoms with van der Waals surface area (Å²) in [6.45, 7) is -1.08. The van der Waals surface area contributed by atoms with Crippen LogP contribution in [-0.2, 0) is 13.0 Å². The van der Waals surface area contributed by atoms with Gasteiger partial charge in [-0.2, -0.15) is 13.2 Å². The molecule has 12 heteroatoms. The van der Waals surface area contributed by atoms with Crippen LogP contribution in [0.5, 0.6) is 0 Å². The molecule has 2 aromatic rings. The molecule has 142 valence electrons. The normalized spacial score (nSPS) is 11.8. The Kier molecular flexibility index (Phi) is 6.02. The number of alkyl halides is 5. The predicted molar refractivity (Wildman–Crippen MR) is 83.7 cm³/mol. The highest BCUT2D eigenvalue weighted by atomic mass is 35.5. The van der Waals surface area contributed by atoms with Crippen molar-refractivity contribution < 1.29 is 31.1 Å². The summed E-state index contributed by atoms with van der Waals surface area (Å²) in [6, 6.07) is 1.55. The summed E-state index contributed by atoms with van der Waals surface area (Å²) in [5.74, 6) is -2.29. The van der Waals surface area contributed by atoms with E-state index in [1.165, 1.54) is 0 Å². The lowest BCUT2D eigenvalue weighted by Crippen LogP contribution is -2.26. The lowest BCUT2D eigenvalue weighted by molar-refractivity contribution is -0.127. The summed E-state index contributed by atoms with van der Waals surface area (Å²) in [5, 5.41) is 2.13. The number of hydrogen-bond donors (Lipinski definition) is 1. The van der Waals surface area contributed by atoms with E-state index >= 15 is 0 Å². The van der Waals surface area contributed by atoms with Gasteiger partial charge in [0.05, 0.1) is 27.9 Å². The van der Waals surface area contributed by atoms with Crippen molar-refractivity contribution in [3.63, 3.8) is 0 Å². The van der Waals surface area contributed by atoms with Crippen LogP contribution in [0.2, 0.25) is 4.34 Å². The van der Waals surface area contributed by atoms with Gasteiger partial charge in [-0.1, -0.05) is 11.6 Å². The number of halogens is 7. The largest absolute Gasteiger partial charge is 0.393 e. The third-order valence-electron chi connectivity index (χ3n) is 3.01. The molecule has 0 spiro atoms. The molecular formula is C14H9ClF6N2O2S. The Morgan fingerprint density at radius 1 is 1.31 bits per heavy atom. The Morgan fingerprint density at radius 2 is 1.96 bits per heavy atom. The van der Waals surface area contributed by atoms with Gasteiger partial charge in [0.15, 0.2) is 5.82 Å². The van der Waals surface area contributed by atoms with Gasteiger partial charge < -0.3 is 9.88 Å². The van der Waals surface area contributed by atoms with E-state index in [4.69, 9.17) is 11.6 Å². The second-order valence-corrected chi connectivity index (χ2v) is 6.74. The summed E-state index contributed by atoms with van der Waals surface area (Å²) in [4.78, 5) is 23.3. The number of rotatable bonds is 5. The standard InChI is InChI=1S/C14H9ClF6N2O2S/c15-11-6(3-14(19,20)21)1-9(26-11)12(24)22-7-2-8(16)13(25)23(4-7)5-10(17)18/h1-2,4,10H,3,5H2,(H,22,24). The van der Waals surface area contributed by atoms with E-state index in [0.29, 0.717) is 22.0 Å². The Balaban J connectivity index is 2.24. The van der Waals surface area contributed by atoms with Crippen LogP contribution >= 0.6 is 22.9 Å². The van der Waals surface area contributed by atoms with Gasteiger partial charge in [0, 0.05) is 12.3 Å². The molecule has 0 aromatic carbocycles. The first-order valence-electron chi connectivity index (χ1n) is 6.80. The molecule has 0 unspecified atom stereocenters. The van der Waals surface area contributed by atoms with Gasteiger partial charge in [0.2, 0.25) is 0 Å². The van der Waals surface area contributed by atoms with Crippen LogP contribution in [0.4, 0.5) is 32.0 Å². The number of pyridine rings is 1. The molecular weight excluding hydrogens is 410 g/mol. The third kappa shape index (κ3) is 5.24. The van der Waals surface area contributed by atoms with Crippen LogP contribution in [0.15, 0.2) is 23.1 Å². The molecule has 0 fully saturated rings. The predicted octanol–water partition coefficient (Wildman–Crippen LogP) is 4.32. The summed E-state index contributed by atoms with van der Waals surface area (Å²) in [5.41, 5.74) is -1.91. The topological polar surface area (TPSA) is 51.1 Å². The zero-order chi connectivity index (χ0) is 19.6. The number of nitrogens with zero attached hydrogens (tertiary/aromatic N) is 1. The molecule has 2 heterocycles. The van der Waals surface area contributed by atoms with Crippen LogP contribution in [0.1, 0.15) is 15.2 Å². The minimum absolute atomic E-state index is 0.193. The number of hydrogen-bond acceptors (Lipinski definition) is 3. The van der Waals surface area contributed by atoms with E-state index in [-0.39, 0.29) is 20.5 Å². The fourth-order valence-corrected chi connectivity index (χ4v) is 3.17. The number of anilines is 1. The minimum Gasteiger partial charge on any atom is -0.320 e. The molecule has 0 aliphatic rings. The average Bonchev–Trinajstić information content (AvgIpc) is 2.83. The maximum Gasteiger partial charge on any atom is 0.393 e. The van der Waals surface area contributed by atoms with Crippen molar-refractivity contribution in [3.8, 4) is 0 Å². The van der Waals surface area contributed by atoms with E-state index in [1.54, 1.807) is 0 Å². The highest BCUT2D eigenvalue weighted by molar-refractivity contribution is 7.18. The molecule has 2 rings (SSSR count). The molecule has 4 nitrogen and oxygen atoms in total. The summed E-state index contributed by atoms with van der Waals surface area (Å²) in [7, 11) is 0. The third-order valence-corrected chi connectivity index (χ3v) is 4.45. The molecule has 0 aliphatic carbocycles. The fourth-order valence-electron chi connectivity index (χ4n) is 2.00. The van der Waals surface area contributed by atoms with Crippen molar-refractivity contribution in [2.24, 2.45) is 0 Å². The molecule has 1 N–H and O–H groups in total. The van der Waals surface area contributed by atoms with Crippen LogP contribution in [0.3, 0.4) is 0 Å². The lowest BCUT2D eigenvalue weighted by atomic mass is 10.2. The first-order valence-corrected chi connectivity index (χ1v) is 8.00. The monoisotopic (exact) mass is 418 g/mol. The Bertz CT molecular complexity index is 877. The molecule has 26 heavy (non-hydrogen) atoms. The summed E-state index contributed by atoms with van der Waals surface area (Å²) in [6.07, 6.45) is -7.98. The number of amides is 1. The molecule has 0 atom stereocenters. The van der Waals surface area contributed by atoms with E-state index in [1.807, 2.05) is 0 Å². The maximum absolute atomic E-state index is 13.5. The SMILES string of the molecule is O=C(Nc1cc(F)c(=O)n(CC(F)F)c1)c1cc(CC(F)(F)F)c(Cl)s1. The number of thiophene rings is 1. The second-order valence-electron chi connectivity index (χ2n) is 5.08. The highest BCUT2D eigenvalue weighted by Crippen LogP contribution is 2.33. The highest BCUT2D eigenvalue weighted by Gasteiger charge is 2.30. The average molecular weight is 419 g/mol. The summed E-state index contributed by atoms with van der Waals surface area (Å²) < 4.78 is 75.7. The van der Waals surface area contributed by atoms with Gasteiger partial charge in [0.25, 0.3) is 17.9 Å². The second kappa shape index (κ2) is 7.70. The van der Waals surface area contributed by atoms with Gasteiger partial charge in [0.1, 0.15) is 0 Å². The number of carbonyl (C=O) groups is 1. The van der Waals surface area contributed by atoms with Crippen molar-refractivity contribution in [2.45, 2.75) is 25.6 Å². The van der Waals surface area contributed by atoms with Crippen molar-refractivity contribution in [1.82, 2.24) is 4.57 Å². The Hall–Kier alpha value is -2.01. The van der Waals surface area contributed by atoms with Crippen LogP contribution in [0, 0.1) is 5.82 Å². The lowest BCUT2D eigenvalue weighted by Gasteiger charge is -2.09. The van der Waals surface area contributed by atoms with E-state index in [2.05, 4.69) is 5.32 Å². The number of nitrogens with one attached hydrogen (secondary N) is 1. The molecule has 0 saturated carbocycles. The smallest absolute Gasteiger partial charge is 0.320 e. The van der Waals surface area contributed by atoms with Crippen molar-refractivity contribution >= 4 is 34.5 Å². The molecule has 1 amide bonds. The maximum atomic E-state index is 13.5. The van der Waals surface area contributed by atoms with Gasteiger partial charge in [-0.05, 0) is 11.6 Å². The van der Waals surface area contributed by atoms with Gasteiger partial charge in [-0.3, -0.25) is 9.59 Å². The quantitative estimate of drug-likeness (QED) is 0.735. The van der Waals surface area contributed by atoms with E-state index in [0.717, 1.165) is 12.3 Å². The molecule has 2 aromatic heterocycles. The Labute approximate surface area is 151 Å². The molecule has 0 aliphatic heterocycles. The van der Waals surface area contributed by atoms with Crippen molar-refractivity contribution in [3.05, 3.63) is 49.3 Å². The van der Waals surface area contributed by atoms with Crippen molar-refractivity contribution in [2.75, 3.05) is 5.32 Å². The van der Waals surface area contributed by atoms with Gasteiger partial charge in [-0.25, -0.2) is 13.2 Å². The molecule has 0 bridgehead atoms.